The molecule has 140 valence electrons. The number of carbonyl (C=O) groups excluding carboxylic acids is 1. The van der Waals surface area contributed by atoms with Crippen molar-refractivity contribution in [3.8, 4) is 5.75 Å². The molecule has 3 rings (SSSR count). The minimum atomic E-state index is -0.966. The minimum absolute atomic E-state index is 0. The number of halogens is 1. The van der Waals surface area contributed by atoms with Gasteiger partial charge in [-0.25, -0.2) is 4.39 Å². The molecule has 0 aromatic heterocycles. The second-order valence-electron chi connectivity index (χ2n) is 5.46. The number of benzene rings is 3. The van der Waals surface area contributed by atoms with Crippen molar-refractivity contribution in [1.29, 1.82) is 0 Å². The Hall–Kier alpha value is -3.16. The van der Waals surface area contributed by atoms with Gasteiger partial charge in [-0.15, -0.1) is 0 Å². The highest BCUT2D eigenvalue weighted by molar-refractivity contribution is 6.94. The van der Waals surface area contributed by atoms with E-state index in [0.717, 1.165) is 5.56 Å². The fourth-order valence-electron chi connectivity index (χ4n) is 2.36. The predicted octanol–water partition coefficient (Wildman–Crippen LogP) is 2.37. The summed E-state index contributed by atoms with van der Waals surface area (Å²) in [6.07, 6.45) is 0. The lowest BCUT2D eigenvalue weighted by Crippen LogP contribution is -2.45. The molecular formula is C20H20BFO5. The van der Waals surface area contributed by atoms with Gasteiger partial charge in [0.2, 0.25) is 0 Å². The van der Waals surface area contributed by atoms with E-state index in [1.54, 1.807) is 18.2 Å². The third-order valence-electron chi connectivity index (χ3n) is 3.59. The largest absolute Gasteiger partial charge is 0.547 e. The third-order valence-corrected chi connectivity index (χ3v) is 3.59. The molecule has 0 heterocycles. The van der Waals surface area contributed by atoms with Gasteiger partial charge in [0.1, 0.15) is 18.2 Å². The van der Waals surface area contributed by atoms with Crippen LogP contribution in [0.1, 0.15) is 5.56 Å². The molecule has 0 spiro atoms. The molecule has 4 N–H and O–H groups in total. The second kappa shape index (κ2) is 10.8. The monoisotopic (exact) mass is 370 g/mol. The highest BCUT2D eigenvalue weighted by atomic mass is 19.1. The summed E-state index contributed by atoms with van der Waals surface area (Å²) in [7, 11) is 0. The second-order valence-corrected chi connectivity index (χ2v) is 5.46. The molecule has 0 bridgehead atoms. The third kappa shape index (κ3) is 6.25. The number of carbonyl (C=O) groups is 1. The zero-order chi connectivity index (χ0) is 17.5. The van der Waals surface area contributed by atoms with Gasteiger partial charge in [0.15, 0.2) is 0 Å². The van der Waals surface area contributed by atoms with Crippen LogP contribution < -0.4 is 10.1 Å². The van der Waals surface area contributed by atoms with Crippen LogP contribution in [-0.4, -0.2) is 23.7 Å². The first-order valence-corrected chi connectivity index (χ1v) is 7.90. The van der Waals surface area contributed by atoms with Gasteiger partial charge >= 0.3 is 12.8 Å². The topological polar surface area (TPSA) is 98.5 Å². The van der Waals surface area contributed by atoms with Crippen LogP contribution in [-0.2, 0) is 11.3 Å². The summed E-state index contributed by atoms with van der Waals surface area (Å²) < 4.78 is 24.5. The maximum absolute atomic E-state index is 13.4. The van der Waals surface area contributed by atoms with Crippen LogP contribution in [0.5, 0.6) is 5.75 Å². The first kappa shape index (κ1) is 21.9. The Morgan fingerprint density at radius 1 is 0.852 bits per heavy atom. The molecule has 0 radical (unpaired) electrons. The summed E-state index contributed by atoms with van der Waals surface area (Å²) in [5.41, 5.74) is 1.53. The van der Waals surface area contributed by atoms with Gasteiger partial charge in [-0.2, -0.15) is 0 Å². The molecule has 27 heavy (non-hydrogen) atoms. The van der Waals surface area contributed by atoms with Gasteiger partial charge in [-0.1, -0.05) is 66.7 Å². The van der Waals surface area contributed by atoms with Crippen molar-refractivity contribution in [3.05, 3.63) is 96.3 Å². The van der Waals surface area contributed by atoms with E-state index in [4.69, 9.17) is 9.39 Å². The van der Waals surface area contributed by atoms with Crippen LogP contribution >= 0.6 is 0 Å². The molecule has 0 aliphatic carbocycles. The molecule has 0 aliphatic heterocycles. The number of ether oxygens (including phenoxy) is 1. The van der Waals surface area contributed by atoms with E-state index in [-0.39, 0.29) is 23.3 Å². The highest BCUT2D eigenvalue weighted by Gasteiger charge is 2.32. The van der Waals surface area contributed by atoms with E-state index in [1.165, 1.54) is 18.2 Å². The van der Waals surface area contributed by atoms with Crippen molar-refractivity contribution in [2.45, 2.75) is 6.61 Å². The van der Waals surface area contributed by atoms with E-state index in [2.05, 4.69) is 0 Å². The maximum atomic E-state index is 13.4. The summed E-state index contributed by atoms with van der Waals surface area (Å²) in [6.45, 7) is -0.818. The molecule has 3 aromatic carbocycles. The van der Waals surface area contributed by atoms with Gasteiger partial charge in [-0.05, 0) is 23.2 Å². The number of hydrogen-bond donors (Lipinski definition) is 0. The molecular weight excluding hydrogens is 350 g/mol. The van der Waals surface area contributed by atoms with Crippen LogP contribution in [0, 0.1) is 5.82 Å². The average molecular weight is 370 g/mol. The van der Waals surface area contributed by atoms with E-state index in [1.807, 2.05) is 48.5 Å². The fraction of sp³-hybridized carbons (Fsp3) is 0.0500. The zero-order valence-corrected chi connectivity index (χ0v) is 14.5. The summed E-state index contributed by atoms with van der Waals surface area (Å²) in [4.78, 5) is 12.6. The highest BCUT2D eigenvalue weighted by Crippen LogP contribution is 2.14. The van der Waals surface area contributed by atoms with Gasteiger partial charge in [0, 0.05) is 6.07 Å². The lowest BCUT2D eigenvalue weighted by atomic mass is 9.61. The normalized spacial score (nSPS) is 9.37. The Morgan fingerprint density at radius 2 is 1.48 bits per heavy atom. The molecule has 0 aliphatic rings. The predicted molar refractivity (Wildman–Crippen MR) is 103 cm³/mol. The Balaban J connectivity index is 0.00000182. The van der Waals surface area contributed by atoms with E-state index < -0.39 is 18.6 Å². The Labute approximate surface area is 157 Å². The van der Waals surface area contributed by atoms with Crippen LogP contribution in [0.3, 0.4) is 0 Å². The van der Waals surface area contributed by atoms with Crippen molar-refractivity contribution in [2.24, 2.45) is 0 Å². The molecule has 5 nitrogen and oxygen atoms in total. The van der Waals surface area contributed by atoms with E-state index >= 15 is 0 Å². The molecule has 0 atom stereocenters. The Bertz CT molecular complexity index is 830. The van der Waals surface area contributed by atoms with Crippen molar-refractivity contribution in [2.75, 3.05) is 0 Å². The lowest BCUT2D eigenvalue weighted by molar-refractivity contribution is 0.162. The number of rotatable bonds is 6. The lowest BCUT2D eigenvalue weighted by Gasteiger charge is -2.15. The van der Waals surface area contributed by atoms with Gasteiger partial charge in [0.25, 0.3) is 0 Å². The summed E-state index contributed by atoms with van der Waals surface area (Å²) >= 11 is 0. The molecule has 0 unspecified atom stereocenters. The minimum Gasteiger partial charge on any atom is -0.547 e. The molecule has 0 saturated heterocycles. The van der Waals surface area contributed by atoms with E-state index in [0.29, 0.717) is 5.46 Å². The van der Waals surface area contributed by atoms with Crippen molar-refractivity contribution < 1.29 is 29.5 Å². The standard InChI is InChI=1S/C20H16BFO3.2H2O/c22-18-12-7-13-19(14-18)25-21(17-10-5-2-6-11-17)20(23)24-15-16-8-3-1-4-9-16;;/h1-14H,15H2;2*1H2. The summed E-state index contributed by atoms with van der Waals surface area (Å²) in [5, 5.41) is 0. The summed E-state index contributed by atoms with van der Waals surface area (Å²) in [5.74, 6) is -0.688. The average Bonchev–Trinajstić information content (AvgIpc) is 2.66. The maximum Gasteiger partial charge on any atom is 0.519 e. The molecule has 0 amide bonds. The van der Waals surface area contributed by atoms with Crippen molar-refractivity contribution in [1.82, 2.24) is 0 Å². The molecule has 7 heteroatoms. The van der Waals surface area contributed by atoms with Crippen LogP contribution in [0.15, 0.2) is 84.9 Å². The van der Waals surface area contributed by atoms with Gasteiger partial charge in [0.05, 0.1) is 0 Å². The first-order chi connectivity index (χ1) is 12.2. The Morgan fingerprint density at radius 3 is 2.11 bits per heavy atom. The first-order valence-electron chi connectivity index (χ1n) is 7.90. The molecule has 3 aromatic rings. The molecule has 0 saturated carbocycles. The van der Waals surface area contributed by atoms with Crippen molar-refractivity contribution >= 4 is 18.2 Å². The van der Waals surface area contributed by atoms with Crippen LogP contribution in [0.2, 0.25) is 0 Å². The van der Waals surface area contributed by atoms with Crippen LogP contribution in [0.4, 0.5) is 9.18 Å². The number of hydrogen-bond acceptors (Lipinski definition) is 3. The van der Waals surface area contributed by atoms with Gasteiger partial charge in [-0.3, -0.25) is 4.79 Å². The van der Waals surface area contributed by atoms with Gasteiger partial charge < -0.3 is 20.3 Å². The SMILES string of the molecule is O.O.O=C(OCc1ccccc1)B(Oc1cccc(F)c1)c1ccccc1. The zero-order valence-electron chi connectivity index (χ0n) is 14.5. The fourth-order valence-corrected chi connectivity index (χ4v) is 2.36. The Kier molecular flexibility index (Phi) is 8.71. The quantitative estimate of drug-likeness (QED) is 0.623. The smallest absolute Gasteiger partial charge is 0.519 e. The van der Waals surface area contributed by atoms with E-state index in [9.17, 15) is 9.18 Å². The summed E-state index contributed by atoms with van der Waals surface area (Å²) in [6, 6.07) is 24.1. The molecule has 0 fully saturated rings. The van der Waals surface area contributed by atoms with Crippen LogP contribution in [0.25, 0.3) is 0 Å². The van der Waals surface area contributed by atoms with Crippen molar-refractivity contribution in [3.63, 3.8) is 0 Å².